The van der Waals surface area contributed by atoms with Gasteiger partial charge in [-0.15, -0.1) is 0 Å². The van der Waals surface area contributed by atoms with Crippen LogP contribution in [0.25, 0.3) is 11.0 Å². The smallest absolute Gasteiger partial charge is 0.149 e. The summed E-state index contributed by atoms with van der Waals surface area (Å²) in [5.41, 5.74) is 0.720. The maximum atomic E-state index is 5.50. The Hall–Kier alpha value is -0.910. The highest BCUT2D eigenvalue weighted by atomic mass is 79.9. The Bertz CT molecular complexity index is 531. The monoisotopic (exact) mass is 312 g/mol. The van der Waals surface area contributed by atoms with Gasteiger partial charge in [-0.2, -0.15) is 0 Å². The van der Waals surface area contributed by atoms with Gasteiger partial charge in [-0.3, -0.25) is 0 Å². The minimum Gasteiger partial charge on any atom is -0.350 e. The van der Waals surface area contributed by atoms with Crippen molar-refractivity contribution in [3.8, 4) is 0 Å². The summed E-state index contributed by atoms with van der Waals surface area (Å²) >= 11 is 3.51. The van der Waals surface area contributed by atoms with Crippen molar-refractivity contribution >= 4 is 27.0 Å². The van der Waals surface area contributed by atoms with Crippen molar-refractivity contribution in [1.82, 2.24) is 9.55 Å². The molecule has 0 amide bonds. The van der Waals surface area contributed by atoms with Crippen molar-refractivity contribution < 1.29 is 9.47 Å². The number of rotatable bonds is 4. The van der Waals surface area contributed by atoms with Crippen molar-refractivity contribution in [3.63, 3.8) is 0 Å². The molecular weight excluding hydrogens is 296 g/mol. The average molecular weight is 313 g/mol. The number of pyridine rings is 1. The molecule has 0 radical (unpaired) electrons. The molecule has 2 heterocycles. The van der Waals surface area contributed by atoms with E-state index in [9.17, 15) is 0 Å². The first-order valence-electron chi connectivity index (χ1n) is 5.78. The maximum absolute atomic E-state index is 5.50. The Kier molecular flexibility index (Phi) is 4.04. The molecule has 5 heteroatoms. The number of fused-ring (bicyclic) bond motifs is 1. The van der Waals surface area contributed by atoms with Crippen molar-refractivity contribution in [2.24, 2.45) is 0 Å². The minimum absolute atomic E-state index is 0.183. The molecule has 0 N–H and O–H groups in total. The quantitative estimate of drug-likeness (QED) is 0.640. The van der Waals surface area contributed by atoms with Crippen LogP contribution in [-0.2, 0) is 16.2 Å². The second-order valence-corrected chi connectivity index (χ2v) is 5.88. The zero-order valence-corrected chi connectivity index (χ0v) is 12.4. The van der Waals surface area contributed by atoms with E-state index in [-0.39, 0.29) is 12.4 Å². The number of nitrogens with zero attached hydrogens (tertiary/aromatic N) is 2. The fourth-order valence-electron chi connectivity index (χ4n) is 1.53. The normalized spacial score (nSPS) is 12.2. The van der Waals surface area contributed by atoms with Crippen molar-refractivity contribution in [2.45, 2.75) is 33.1 Å². The molecule has 0 fully saturated rings. The maximum Gasteiger partial charge on any atom is 0.149 e. The number of halogens is 1. The third-order valence-electron chi connectivity index (χ3n) is 2.39. The van der Waals surface area contributed by atoms with Crippen LogP contribution in [0.1, 0.15) is 20.8 Å². The zero-order valence-electron chi connectivity index (χ0n) is 10.8. The van der Waals surface area contributed by atoms with Gasteiger partial charge in [0.05, 0.1) is 5.60 Å². The summed E-state index contributed by atoms with van der Waals surface area (Å²) in [6.07, 6.45) is 3.74. The number of aromatic nitrogens is 2. The summed E-state index contributed by atoms with van der Waals surface area (Å²) in [6.45, 7) is 6.70. The van der Waals surface area contributed by atoms with Gasteiger partial charge in [-0.25, -0.2) is 4.98 Å². The summed E-state index contributed by atoms with van der Waals surface area (Å²) in [5.74, 6) is 0. The molecule has 0 aliphatic carbocycles. The molecule has 0 saturated carbocycles. The molecule has 0 aromatic carbocycles. The predicted octanol–water partition coefficient (Wildman–Crippen LogP) is 3.55. The summed E-state index contributed by atoms with van der Waals surface area (Å²) in [4.78, 5) is 4.34. The van der Waals surface area contributed by atoms with E-state index in [4.69, 9.17) is 9.47 Å². The molecule has 2 aromatic rings. The van der Waals surface area contributed by atoms with E-state index in [1.807, 2.05) is 43.7 Å². The second-order valence-electron chi connectivity index (χ2n) is 5.03. The molecule has 0 saturated heterocycles. The highest BCUT2D eigenvalue weighted by Crippen LogP contribution is 2.24. The van der Waals surface area contributed by atoms with E-state index < -0.39 is 0 Å². The van der Waals surface area contributed by atoms with Crippen LogP contribution in [-0.4, -0.2) is 21.9 Å². The van der Waals surface area contributed by atoms with Crippen LogP contribution in [0.3, 0.4) is 0 Å². The third-order valence-corrected chi connectivity index (χ3v) is 3.02. The molecule has 0 bridgehead atoms. The van der Waals surface area contributed by atoms with Gasteiger partial charge in [-0.1, -0.05) is 0 Å². The van der Waals surface area contributed by atoms with Crippen LogP contribution in [0, 0.1) is 0 Å². The van der Waals surface area contributed by atoms with E-state index in [1.165, 1.54) is 0 Å². The Labute approximate surface area is 115 Å². The molecule has 2 aromatic heterocycles. The Morgan fingerprint density at radius 1 is 1.39 bits per heavy atom. The van der Waals surface area contributed by atoms with E-state index in [0.717, 1.165) is 15.5 Å². The lowest BCUT2D eigenvalue weighted by molar-refractivity contribution is -0.135. The van der Waals surface area contributed by atoms with Crippen molar-refractivity contribution in [2.75, 3.05) is 6.79 Å². The third kappa shape index (κ3) is 3.31. The molecule has 0 spiro atoms. The molecule has 0 unspecified atom stereocenters. The van der Waals surface area contributed by atoms with E-state index >= 15 is 0 Å². The summed E-state index contributed by atoms with van der Waals surface area (Å²) < 4.78 is 14.0. The number of hydrogen-bond donors (Lipinski definition) is 0. The standard InChI is InChI=1S/C13H17BrN2O2/c1-13(2,3)18-9-17-8-16-7-11(14)10-5-4-6-15-12(10)16/h4-7H,8-9H2,1-3H3. The SMILES string of the molecule is CC(C)(C)OCOCn1cc(Br)c2cccnc21. The summed E-state index contributed by atoms with van der Waals surface area (Å²) in [7, 11) is 0. The van der Waals surface area contributed by atoms with Crippen molar-refractivity contribution in [3.05, 3.63) is 29.0 Å². The molecule has 4 nitrogen and oxygen atoms in total. The Morgan fingerprint density at radius 3 is 2.89 bits per heavy atom. The van der Waals surface area contributed by atoms with Gasteiger partial charge < -0.3 is 14.0 Å². The van der Waals surface area contributed by atoms with E-state index in [0.29, 0.717) is 6.73 Å². The number of ether oxygens (including phenoxy) is 2. The molecule has 0 atom stereocenters. The van der Waals surface area contributed by atoms with Gasteiger partial charge in [0, 0.05) is 22.3 Å². The van der Waals surface area contributed by atoms with Crippen LogP contribution in [0.2, 0.25) is 0 Å². The van der Waals surface area contributed by atoms with Crippen LogP contribution in [0.4, 0.5) is 0 Å². The molecular formula is C13H17BrN2O2. The predicted molar refractivity (Wildman–Crippen MR) is 74.2 cm³/mol. The number of hydrogen-bond acceptors (Lipinski definition) is 3. The van der Waals surface area contributed by atoms with Crippen molar-refractivity contribution in [1.29, 1.82) is 0 Å². The largest absolute Gasteiger partial charge is 0.350 e. The van der Waals surface area contributed by atoms with Gasteiger partial charge in [-0.05, 0) is 48.8 Å². The fraction of sp³-hybridized carbons (Fsp3) is 0.462. The molecule has 98 valence electrons. The van der Waals surface area contributed by atoms with Crippen LogP contribution < -0.4 is 0 Å². The average Bonchev–Trinajstić information content (AvgIpc) is 2.62. The highest BCUT2D eigenvalue weighted by molar-refractivity contribution is 9.10. The zero-order chi connectivity index (χ0) is 13.2. The first kappa shape index (κ1) is 13.5. The Morgan fingerprint density at radius 2 is 2.17 bits per heavy atom. The minimum atomic E-state index is -0.183. The molecule has 18 heavy (non-hydrogen) atoms. The van der Waals surface area contributed by atoms with Crippen LogP contribution >= 0.6 is 15.9 Å². The van der Waals surface area contributed by atoms with Crippen LogP contribution in [0.5, 0.6) is 0 Å². The van der Waals surface area contributed by atoms with E-state index in [2.05, 4.69) is 20.9 Å². The molecule has 0 aliphatic rings. The molecule has 2 rings (SSSR count). The molecule has 0 aliphatic heterocycles. The van der Waals surface area contributed by atoms with E-state index in [1.54, 1.807) is 6.20 Å². The lowest BCUT2D eigenvalue weighted by Gasteiger charge is -2.19. The lowest BCUT2D eigenvalue weighted by Crippen LogP contribution is -2.21. The first-order valence-corrected chi connectivity index (χ1v) is 6.58. The van der Waals surface area contributed by atoms with Gasteiger partial charge in [0.25, 0.3) is 0 Å². The lowest BCUT2D eigenvalue weighted by atomic mass is 10.2. The summed E-state index contributed by atoms with van der Waals surface area (Å²) in [5, 5.41) is 1.08. The van der Waals surface area contributed by atoms with Gasteiger partial charge in [0.2, 0.25) is 0 Å². The van der Waals surface area contributed by atoms with Gasteiger partial charge in [0.1, 0.15) is 19.2 Å². The van der Waals surface area contributed by atoms with Gasteiger partial charge in [0.15, 0.2) is 0 Å². The second kappa shape index (κ2) is 5.38. The van der Waals surface area contributed by atoms with Gasteiger partial charge >= 0.3 is 0 Å². The fourth-order valence-corrected chi connectivity index (χ4v) is 2.09. The Balaban J connectivity index is 2.00. The first-order chi connectivity index (χ1) is 8.47. The highest BCUT2D eigenvalue weighted by Gasteiger charge is 2.10. The summed E-state index contributed by atoms with van der Waals surface area (Å²) in [6, 6.07) is 3.94. The topological polar surface area (TPSA) is 36.3 Å². The van der Waals surface area contributed by atoms with Crippen LogP contribution in [0.15, 0.2) is 29.0 Å².